The van der Waals surface area contributed by atoms with E-state index in [0.29, 0.717) is 0 Å². The fourth-order valence-corrected chi connectivity index (χ4v) is 13.1. The van der Waals surface area contributed by atoms with Gasteiger partial charge in [-0.3, -0.25) is 19.4 Å². The van der Waals surface area contributed by atoms with Crippen LogP contribution in [0.15, 0.2) is 308 Å². The van der Waals surface area contributed by atoms with E-state index >= 15 is 0 Å². The molecule has 2 aromatic heterocycles. The van der Waals surface area contributed by atoms with Crippen molar-refractivity contribution in [2.75, 3.05) is 9.80 Å². The smallest absolute Gasteiger partial charge is 0.228 e. The van der Waals surface area contributed by atoms with Crippen molar-refractivity contribution in [3.05, 3.63) is 308 Å². The van der Waals surface area contributed by atoms with E-state index in [1.807, 2.05) is 76.5 Å². The first-order chi connectivity index (χ1) is 42.8. The van der Waals surface area contributed by atoms with Crippen LogP contribution < -0.4 is 9.80 Å². The van der Waals surface area contributed by atoms with Gasteiger partial charge < -0.3 is 9.55 Å². The maximum Gasteiger partial charge on any atom is 0.228 e. The number of nitrogens with one attached hydrogen (secondary N) is 1. The summed E-state index contributed by atoms with van der Waals surface area (Å²) in [7, 11) is 0. The Morgan fingerprint density at radius 3 is 1.17 bits per heavy atom. The summed E-state index contributed by atoms with van der Waals surface area (Å²) in [6.07, 6.45) is 0. The molecular weight excluding hydrogens is 1140 g/mol. The lowest BCUT2D eigenvalue weighted by molar-refractivity contribution is -0.116. The van der Waals surface area contributed by atoms with Crippen LogP contribution in [0.1, 0.15) is 21.3 Å². The van der Waals surface area contributed by atoms with E-state index in [2.05, 4.69) is 262 Å². The van der Waals surface area contributed by atoms with Crippen LogP contribution in [-0.2, 0) is 9.59 Å². The van der Waals surface area contributed by atoms with Gasteiger partial charge in [0, 0.05) is 73.7 Å². The molecule has 0 spiro atoms. The number of carbonyl (C=O) groups is 2. The molecule has 1 N–H and O–H groups in total. The van der Waals surface area contributed by atoms with Crippen molar-refractivity contribution in [3.63, 3.8) is 0 Å². The van der Waals surface area contributed by atoms with Gasteiger partial charge in [-0.05, 0) is 117 Å². The molecule has 2 amide bonds. The number of benzene rings is 12. The van der Waals surface area contributed by atoms with Gasteiger partial charge in [0.1, 0.15) is 0 Å². The Kier molecular flexibility index (Phi) is 15.5. The maximum atomic E-state index is 13.3. The summed E-state index contributed by atoms with van der Waals surface area (Å²) in [5.41, 5.74) is 25.1. The van der Waals surface area contributed by atoms with Gasteiger partial charge in [-0.2, -0.15) is 0 Å². The largest absolute Gasteiger partial charge is 0.354 e. The minimum absolute atomic E-state index is 0. The number of hydrogen-bond acceptors (Lipinski definition) is 2. The number of hydrogen-bond donors (Lipinski definition) is 1. The van der Waals surface area contributed by atoms with Crippen molar-refractivity contribution in [1.29, 1.82) is 0 Å². The van der Waals surface area contributed by atoms with Crippen molar-refractivity contribution < 1.29 is 9.59 Å². The maximum absolute atomic E-state index is 13.3. The van der Waals surface area contributed by atoms with Gasteiger partial charge >= 0.3 is 0 Å². The number of halogens is 1. The highest BCUT2D eigenvalue weighted by Crippen LogP contribution is 2.54. The predicted octanol–water partition coefficient (Wildman–Crippen LogP) is 22.2. The third-order valence-electron chi connectivity index (χ3n) is 16.4. The molecule has 0 aliphatic carbocycles. The highest BCUT2D eigenvalue weighted by atomic mass is 79.9. The van der Waals surface area contributed by atoms with E-state index in [4.69, 9.17) is 0 Å². The normalized spacial score (nSPS) is 11.5. The molecule has 12 aromatic carbocycles. The number of rotatable bonds is 5. The van der Waals surface area contributed by atoms with Crippen molar-refractivity contribution in [2.45, 2.75) is 21.3 Å². The van der Waals surface area contributed by atoms with E-state index in [0.717, 1.165) is 116 Å². The molecule has 0 unspecified atom stereocenters. The van der Waals surface area contributed by atoms with Gasteiger partial charge in [0.2, 0.25) is 11.8 Å². The van der Waals surface area contributed by atoms with Crippen molar-refractivity contribution >= 4 is 72.3 Å². The van der Waals surface area contributed by atoms with Gasteiger partial charge in [-0.25, -0.2) is 0 Å². The Labute approximate surface area is 522 Å². The summed E-state index contributed by atoms with van der Waals surface area (Å²) in [6.45, 7) is 3.26. The molecule has 0 fully saturated rings. The van der Waals surface area contributed by atoms with Crippen LogP contribution >= 0.6 is 15.9 Å². The topological polar surface area (TPSA) is 61.3 Å². The number of para-hydroxylation sites is 6. The Morgan fingerprint density at radius 1 is 0.341 bits per heavy atom. The van der Waals surface area contributed by atoms with E-state index in [1.54, 1.807) is 13.8 Å². The molecule has 0 atom stereocenters. The molecule has 16 rings (SSSR count). The van der Waals surface area contributed by atoms with Crippen LogP contribution in [0, 0.1) is 0 Å². The molecule has 88 heavy (non-hydrogen) atoms. The predicted molar refractivity (Wildman–Crippen MR) is 372 cm³/mol. The van der Waals surface area contributed by atoms with E-state index < -0.39 is 0 Å². The summed E-state index contributed by atoms with van der Waals surface area (Å²) in [5, 5.41) is 2.32. The van der Waals surface area contributed by atoms with Crippen LogP contribution in [0.2, 0.25) is 0 Å². The number of aromatic nitrogens is 2. The van der Waals surface area contributed by atoms with Crippen molar-refractivity contribution in [2.24, 2.45) is 0 Å². The molecule has 6 nitrogen and oxygen atoms in total. The fraction of sp³-hybridized carbons (Fsp3) is 0.0370. The van der Waals surface area contributed by atoms with Gasteiger partial charge in [0.05, 0.1) is 39.7 Å². The van der Waals surface area contributed by atoms with Gasteiger partial charge in [0.15, 0.2) is 0 Å². The van der Waals surface area contributed by atoms with Gasteiger partial charge in [0.25, 0.3) is 0 Å². The molecule has 2 aliphatic rings. The van der Waals surface area contributed by atoms with Crippen LogP contribution in [0.25, 0.3) is 117 Å². The van der Waals surface area contributed by atoms with E-state index in [1.165, 1.54) is 27.6 Å². The van der Waals surface area contributed by atoms with Crippen LogP contribution in [0.3, 0.4) is 0 Å². The zero-order valence-corrected chi connectivity index (χ0v) is 49.5. The second kappa shape index (κ2) is 24.3. The molecule has 0 bridgehead atoms. The minimum Gasteiger partial charge on any atom is -0.354 e. The molecular formula is C81H61BrN4O2. The van der Waals surface area contributed by atoms with Crippen LogP contribution in [-0.4, -0.2) is 21.4 Å². The number of anilines is 4. The van der Waals surface area contributed by atoms with Crippen molar-refractivity contribution in [3.8, 4) is 95.0 Å². The van der Waals surface area contributed by atoms with Crippen molar-refractivity contribution in [1.82, 2.24) is 9.55 Å². The van der Waals surface area contributed by atoms with Gasteiger partial charge in [-0.1, -0.05) is 254 Å². The Hall–Kier alpha value is -10.9. The standard InChI is InChI=1S/C40H28N2O.C22H16N2O.C18H13Br.CH4/c1-27(43)41-36-21-11-8-18-33(36)39-34-19-9-12-22-37(34)42(40(39)35-20-10-13-23-38(35)41)32-25-30(28-14-4-2-5-15-28)24-31(26-32)29-16-6-3-7-17-29;1-14(25)24-19-12-6-3-9-16(19)21-15-8-2-5-11-18(15)23-22(21)17-10-4-7-13-20(17)24;19-18-12-16(14-7-3-1-4-8-14)11-17(13-18)15-9-5-2-6-10-15;/h2-26H,1H3;2-13,23H,1H3;1-13H;1H4. The lowest BCUT2D eigenvalue weighted by Gasteiger charge is -2.24. The zero-order chi connectivity index (χ0) is 59.0. The molecule has 0 radical (unpaired) electrons. The first-order valence-electron chi connectivity index (χ1n) is 29.2. The number of amides is 2. The second-order valence-corrected chi connectivity index (χ2v) is 22.7. The lowest BCUT2D eigenvalue weighted by Crippen LogP contribution is -2.23. The Bertz CT molecular complexity index is 4780. The highest BCUT2D eigenvalue weighted by molar-refractivity contribution is 9.10. The average molecular weight is 1200 g/mol. The highest BCUT2D eigenvalue weighted by Gasteiger charge is 2.33. The zero-order valence-electron chi connectivity index (χ0n) is 47.9. The third kappa shape index (κ3) is 10.4. The molecule has 0 saturated heterocycles. The molecule has 4 heterocycles. The summed E-state index contributed by atoms with van der Waals surface area (Å²) < 4.78 is 3.50. The van der Waals surface area contributed by atoms with Crippen LogP contribution in [0.4, 0.5) is 22.7 Å². The number of aromatic amines is 1. The minimum atomic E-state index is -0.0154. The average Bonchev–Trinajstić information content (AvgIpc) is 1.60. The fourth-order valence-electron chi connectivity index (χ4n) is 12.6. The first-order valence-corrected chi connectivity index (χ1v) is 30.0. The van der Waals surface area contributed by atoms with E-state index in [-0.39, 0.29) is 19.2 Å². The Balaban J connectivity index is 0.000000134. The third-order valence-corrected chi connectivity index (χ3v) is 16.8. The molecule has 424 valence electrons. The summed E-state index contributed by atoms with van der Waals surface area (Å²) in [4.78, 5) is 33.1. The molecule has 14 aromatic rings. The SMILES string of the molecule is Brc1cc(-c2ccccc2)cc(-c2ccccc2)c1.C.CC(=O)N1c2ccccc2-c2[nH]c3ccccc3c2-c2ccccc21.CC(=O)N1c2ccccc2-c2c(n(-c3cc(-c4ccccc4)cc(-c4ccccc4)c3)c3ccccc23)-c2ccccc21. The molecule has 7 heteroatoms. The summed E-state index contributed by atoms with van der Waals surface area (Å²) >= 11 is 3.61. The first kappa shape index (κ1) is 56.3. The Morgan fingerprint density at radius 2 is 0.693 bits per heavy atom. The molecule has 2 aliphatic heterocycles. The number of H-pyrrole nitrogens is 1. The van der Waals surface area contributed by atoms with Gasteiger partial charge in [-0.15, -0.1) is 0 Å². The number of fused-ring (bicyclic) bond motifs is 14. The second-order valence-electron chi connectivity index (χ2n) is 21.7. The quantitative estimate of drug-likeness (QED) is 0.187. The monoisotopic (exact) mass is 1200 g/mol. The van der Waals surface area contributed by atoms with E-state index in [9.17, 15) is 9.59 Å². The molecule has 0 saturated carbocycles. The summed E-state index contributed by atoms with van der Waals surface area (Å²) in [6, 6.07) is 105. The van der Waals surface area contributed by atoms with Crippen LogP contribution in [0.5, 0.6) is 0 Å². The summed E-state index contributed by atoms with van der Waals surface area (Å²) in [5.74, 6) is -0.00675. The number of carbonyl (C=O) groups excluding carboxylic acids is 2. The number of nitrogens with zero attached hydrogens (tertiary/aromatic N) is 3. The lowest BCUT2D eigenvalue weighted by atomic mass is 9.97.